The Bertz CT molecular complexity index is 4080. The third-order valence-corrected chi connectivity index (χ3v) is 18.0. The Kier molecular flexibility index (Phi) is 18.8. The number of halogens is 4. The first-order valence-electron chi connectivity index (χ1n) is 28.9. The number of aromatic nitrogens is 13. The van der Waals surface area contributed by atoms with Crippen molar-refractivity contribution >= 4 is 93.0 Å². The topological polar surface area (TPSA) is 280 Å². The van der Waals surface area contributed by atoms with Crippen molar-refractivity contribution in [1.29, 1.82) is 0 Å². The first-order chi connectivity index (χ1) is 42.7. The minimum Gasteiger partial charge on any atom is -0.496 e. The summed E-state index contributed by atoms with van der Waals surface area (Å²) in [4.78, 5) is 25.9. The number of rotatable bonds is 13. The van der Waals surface area contributed by atoms with E-state index in [0.717, 1.165) is 87.9 Å². The lowest BCUT2D eigenvalue weighted by molar-refractivity contribution is 0.242. The number of anilines is 5. The van der Waals surface area contributed by atoms with Crippen LogP contribution in [0.5, 0.6) is 23.0 Å². The third-order valence-electron chi connectivity index (χ3n) is 17.4. The maximum atomic E-state index is 9.98. The Balaban J connectivity index is 0.000000124. The quantitative estimate of drug-likeness (QED) is 0.0641. The number of nitrogens with zero attached hydrogens (tertiary/aromatic N) is 15. The zero-order valence-corrected chi connectivity index (χ0v) is 52.8. The smallest absolute Gasteiger partial charge is 0.248 e. The molecular formula is C60H70Cl4N18O7. The molecule has 3 saturated heterocycles. The van der Waals surface area contributed by atoms with E-state index in [4.69, 9.17) is 69.6 Å². The molecule has 6 fully saturated rings. The van der Waals surface area contributed by atoms with Gasteiger partial charge >= 0.3 is 0 Å². The van der Waals surface area contributed by atoms with Crippen LogP contribution in [-0.2, 0) is 0 Å². The molecule has 10 aromatic rings. The lowest BCUT2D eigenvalue weighted by Gasteiger charge is -2.27. The number of ether oxygens (including phenoxy) is 4. The van der Waals surface area contributed by atoms with Gasteiger partial charge < -0.3 is 69.6 Å². The molecule has 89 heavy (non-hydrogen) atoms. The molecule has 2 aromatic carbocycles. The molecule has 0 amide bonds. The van der Waals surface area contributed by atoms with E-state index in [1.807, 2.05) is 82.3 Å². The first-order valence-corrected chi connectivity index (χ1v) is 30.0. The van der Waals surface area contributed by atoms with Crippen LogP contribution in [0.2, 0.25) is 15.7 Å². The second kappa shape index (κ2) is 26.7. The van der Waals surface area contributed by atoms with Gasteiger partial charge in [-0.3, -0.25) is 0 Å². The summed E-state index contributed by atoms with van der Waals surface area (Å²) >= 11 is 17.3. The van der Waals surface area contributed by atoms with Gasteiger partial charge in [0.1, 0.15) is 40.8 Å². The molecule has 7 N–H and O–H groups in total. The van der Waals surface area contributed by atoms with Crippen LogP contribution in [0, 0.1) is 49.4 Å². The third kappa shape index (κ3) is 13.1. The molecule has 11 heterocycles. The average molecular weight is 1300 g/mol. The number of hydrogen-bond donors (Lipinski definition) is 6. The van der Waals surface area contributed by atoms with E-state index < -0.39 is 0 Å². The van der Waals surface area contributed by atoms with E-state index in [1.54, 1.807) is 67.1 Å². The van der Waals surface area contributed by atoms with Gasteiger partial charge in [-0.2, -0.15) is 9.97 Å². The van der Waals surface area contributed by atoms with Gasteiger partial charge in [-0.25, -0.2) is 28.5 Å². The molecule has 3 saturated carbocycles. The van der Waals surface area contributed by atoms with Gasteiger partial charge in [0.05, 0.1) is 84.1 Å². The molecule has 0 spiro atoms. The summed E-state index contributed by atoms with van der Waals surface area (Å²) in [5.74, 6) is 10.1. The molecule has 25 nitrogen and oxygen atoms in total. The molecule has 3 aliphatic carbocycles. The summed E-state index contributed by atoms with van der Waals surface area (Å²) in [6.07, 6.45) is 16.3. The Morgan fingerprint density at radius 3 is 1.67 bits per heavy atom. The molecule has 0 radical (unpaired) electrons. The highest BCUT2D eigenvalue weighted by Crippen LogP contribution is 2.52. The minimum absolute atomic E-state index is 0. The van der Waals surface area contributed by atoms with Crippen LogP contribution in [0.25, 0.3) is 27.9 Å². The Hall–Kier alpha value is -7.88. The van der Waals surface area contributed by atoms with Gasteiger partial charge in [0.15, 0.2) is 34.1 Å². The lowest BCUT2D eigenvalue weighted by atomic mass is 10.1. The molecular weight excluding hydrogens is 1230 g/mol. The average Bonchev–Trinajstić information content (AvgIpc) is 1.60. The molecule has 0 bridgehead atoms. The number of aliphatic hydroxyl groups is 3. The van der Waals surface area contributed by atoms with Crippen LogP contribution in [-0.4, -0.2) is 164 Å². The number of methoxy groups -OCH3 is 4. The van der Waals surface area contributed by atoms with Crippen molar-refractivity contribution in [2.24, 2.45) is 35.5 Å². The highest BCUT2D eigenvalue weighted by atomic mass is 35.5. The van der Waals surface area contributed by atoms with Crippen molar-refractivity contribution in [2.45, 2.75) is 51.2 Å². The van der Waals surface area contributed by atoms with Crippen LogP contribution in [0.4, 0.5) is 29.2 Å². The number of aryl methyl sites for hydroxylation is 1. The fourth-order valence-corrected chi connectivity index (χ4v) is 13.0. The van der Waals surface area contributed by atoms with E-state index in [-0.39, 0.29) is 48.3 Å². The standard InChI is InChI=1S/C24H27N7O2.C12H13ClN4O.C12H15N3O3.C6H3Cl2N3.C6H11NO.ClH/c1-14-7-17(9-21(33-3)15(14)2)29-11-22(25-13-29)26-24-27-23(19-5-4-6-31(19)28-24)30-10-16-8-18(16)20(30)12-32;13-12-14-11(9-2-1-3-17(9)15-12)16-5-7-4-8(7)10(16)6-18;1-16-9-4-8(15-6-11(13)14-7-15)5-10(17-2)12(9)18-3;7-5-4-2-1-3-11(4)10-6(8)9-5;8-3-6-5-1-4(5)2-7-6;/h4-7,9,11,13,16,18,20,32H,8,10,12H2,1-3H3,(H,26,28);1-3,7-8,10,18H,4-6H2;4-7H,13H2,1-3H3;1-3H;4-8H,1-3H2;1H/t16-,18-,20-;7-,8-,10-;;;4-,5-,6-;/m00..0./s1. The van der Waals surface area contributed by atoms with Gasteiger partial charge in [0.25, 0.3) is 0 Å². The van der Waals surface area contributed by atoms with E-state index in [1.165, 1.54) is 19.3 Å². The summed E-state index contributed by atoms with van der Waals surface area (Å²) in [6.45, 7) is 7.81. The Morgan fingerprint density at radius 1 is 0.618 bits per heavy atom. The second-order valence-electron chi connectivity index (χ2n) is 22.6. The van der Waals surface area contributed by atoms with Crippen LogP contribution in [0.1, 0.15) is 30.4 Å². The number of aliphatic hydroxyl groups excluding tert-OH is 3. The van der Waals surface area contributed by atoms with E-state index in [2.05, 4.69) is 75.6 Å². The van der Waals surface area contributed by atoms with E-state index in [0.29, 0.717) is 76.3 Å². The van der Waals surface area contributed by atoms with E-state index in [9.17, 15) is 10.2 Å². The zero-order chi connectivity index (χ0) is 61.5. The number of fused-ring (bicyclic) bond motifs is 6. The van der Waals surface area contributed by atoms with Crippen molar-refractivity contribution in [3.05, 3.63) is 131 Å². The van der Waals surface area contributed by atoms with Crippen molar-refractivity contribution in [3.63, 3.8) is 0 Å². The molecule has 9 atom stereocenters. The van der Waals surface area contributed by atoms with Crippen molar-refractivity contribution in [1.82, 2.24) is 68.2 Å². The number of hydrogen-bond acceptors (Lipinski definition) is 20. The summed E-state index contributed by atoms with van der Waals surface area (Å²) in [5.41, 5.74) is 12.3. The van der Waals surface area contributed by atoms with Crippen LogP contribution in [0.3, 0.4) is 0 Å². The molecule has 29 heteroatoms. The predicted octanol–water partition coefficient (Wildman–Crippen LogP) is 7.83. The van der Waals surface area contributed by atoms with Gasteiger partial charge in [-0.15, -0.1) is 27.7 Å². The minimum atomic E-state index is 0. The summed E-state index contributed by atoms with van der Waals surface area (Å²) < 4.78 is 30.2. The Morgan fingerprint density at radius 2 is 1.15 bits per heavy atom. The van der Waals surface area contributed by atoms with Crippen LogP contribution in [0.15, 0.2) is 104 Å². The number of benzene rings is 2. The molecule has 8 aromatic heterocycles. The van der Waals surface area contributed by atoms with Gasteiger partial charge in [0, 0.05) is 55.9 Å². The largest absolute Gasteiger partial charge is 0.496 e. The SMILES string of the molecule is COc1cc(-n2cnc(N)c2)cc(OC)c1OC.COc1cc(-n2cnc(Nc3nc(N4C[C@@H]5C[C@@H]5[C@@H]4CO)c4cccn4n3)c2)cc(C)c1C.Cl.Clc1nc(Cl)c2cccn2n1.OC[C@@H]1NC[C@@H]2C[C@@H]21.OC[C@H]1[C@H]2C[C@H]2CN1c1nc(Cl)nn2cccc12. The molecule has 3 aliphatic heterocycles. The normalized spacial score (nSPS) is 22.0. The van der Waals surface area contributed by atoms with Crippen LogP contribution < -0.4 is 45.1 Å². The first kappa shape index (κ1) is 62.7. The number of nitrogen functional groups attached to an aromatic ring is 1. The molecule has 6 aliphatic rings. The second-order valence-corrected chi connectivity index (χ2v) is 23.6. The van der Waals surface area contributed by atoms with Crippen LogP contribution >= 0.6 is 47.2 Å². The predicted molar refractivity (Wildman–Crippen MR) is 342 cm³/mol. The highest BCUT2D eigenvalue weighted by molar-refractivity contribution is 6.34. The lowest BCUT2D eigenvalue weighted by Crippen LogP contribution is -2.37. The number of imidazole rings is 2. The molecule has 0 unspecified atom stereocenters. The number of nitrogens with two attached hydrogens (primary N) is 1. The van der Waals surface area contributed by atoms with Crippen molar-refractivity contribution in [3.8, 4) is 34.4 Å². The maximum Gasteiger partial charge on any atom is 0.248 e. The van der Waals surface area contributed by atoms with Crippen molar-refractivity contribution < 1.29 is 34.3 Å². The summed E-state index contributed by atoms with van der Waals surface area (Å²) in [6, 6.07) is 20.0. The fraction of sp³-hybridized carbons (Fsp3) is 0.400. The monoisotopic (exact) mass is 1290 g/mol. The van der Waals surface area contributed by atoms with Crippen molar-refractivity contribution in [2.75, 3.05) is 88.7 Å². The maximum absolute atomic E-state index is 9.98. The highest BCUT2D eigenvalue weighted by Gasteiger charge is 2.54. The molecule has 470 valence electrons. The number of nitrogens with one attached hydrogen (secondary N) is 2. The van der Waals surface area contributed by atoms with Gasteiger partial charge in [0.2, 0.25) is 22.3 Å². The van der Waals surface area contributed by atoms with Gasteiger partial charge in [-0.1, -0.05) is 11.6 Å². The Labute approximate surface area is 533 Å². The fourth-order valence-electron chi connectivity index (χ4n) is 12.4. The zero-order valence-electron chi connectivity index (χ0n) is 49.7. The van der Waals surface area contributed by atoms with Gasteiger partial charge in [-0.05, 0) is 152 Å². The number of piperidine rings is 3. The summed E-state index contributed by atoms with van der Waals surface area (Å²) in [5, 5.41) is 48.1. The summed E-state index contributed by atoms with van der Waals surface area (Å²) in [7, 11) is 6.39. The van der Waals surface area contributed by atoms with E-state index >= 15 is 0 Å². The molecule has 16 rings (SSSR count).